The first-order valence-electron chi connectivity index (χ1n) is 6.80. The molecule has 1 aromatic carbocycles. The van der Waals surface area contributed by atoms with Gasteiger partial charge in [-0.2, -0.15) is 0 Å². The molecule has 1 aliphatic rings. The molecule has 0 bridgehead atoms. The van der Waals surface area contributed by atoms with E-state index in [1.165, 1.54) is 0 Å². The van der Waals surface area contributed by atoms with Gasteiger partial charge in [-0.15, -0.1) is 0 Å². The smallest absolute Gasteiger partial charge is 0.315 e. The molecule has 0 heterocycles. The number of rotatable bonds is 4. The second kappa shape index (κ2) is 7.31. The first-order chi connectivity index (χ1) is 9.66. The van der Waals surface area contributed by atoms with Gasteiger partial charge in [0.1, 0.15) is 0 Å². The van der Waals surface area contributed by atoms with E-state index >= 15 is 0 Å². The normalized spacial score (nSPS) is 19.4. The highest BCUT2D eigenvalue weighted by Gasteiger charge is 2.14. The van der Waals surface area contributed by atoms with Crippen molar-refractivity contribution >= 4 is 17.6 Å². The molecule has 0 spiro atoms. The Bertz CT molecular complexity index is 491. The average Bonchev–Trinajstić information content (AvgIpc) is 2.46. The van der Waals surface area contributed by atoms with Gasteiger partial charge in [0.15, 0.2) is 0 Å². The fourth-order valence-electron chi connectivity index (χ4n) is 2.20. The van der Waals surface area contributed by atoms with Crippen LogP contribution in [0.5, 0.6) is 0 Å². The van der Waals surface area contributed by atoms with E-state index in [0.29, 0.717) is 10.6 Å². The first kappa shape index (κ1) is 14.9. The Morgan fingerprint density at radius 3 is 2.95 bits per heavy atom. The van der Waals surface area contributed by atoms with Gasteiger partial charge in [0.05, 0.1) is 6.10 Å². The number of urea groups is 1. The molecule has 3 N–H and O–H groups in total. The summed E-state index contributed by atoms with van der Waals surface area (Å²) in [4.78, 5) is 11.7. The third-order valence-electron chi connectivity index (χ3n) is 3.29. The molecule has 2 unspecified atom stereocenters. The van der Waals surface area contributed by atoms with E-state index in [2.05, 4.69) is 16.7 Å². The fourth-order valence-corrected chi connectivity index (χ4v) is 2.46. The van der Waals surface area contributed by atoms with Crippen LogP contribution in [0.1, 0.15) is 30.9 Å². The fraction of sp³-hybridized carbons (Fsp3) is 0.400. The zero-order valence-corrected chi connectivity index (χ0v) is 11.9. The lowest BCUT2D eigenvalue weighted by molar-refractivity contribution is 0.172. The third-order valence-corrected chi connectivity index (χ3v) is 3.64. The Hall–Kier alpha value is -1.52. The van der Waals surface area contributed by atoms with Gasteiger partial charge in [0.2, 0.25) is 0 Å². The number of hydrogen-bond acceptors (Lipinski definition) is 2. The van der Waals surface area contributed by atoms with Crippen LogP contribution in [0.15, 0.2) is 36.4 Å². The van der Waals surface area contributed by atoms with Gasteiger partial charge in [-0.3, -0.25) is 0 Å². The number of benzene rings is 1. The summed E-state index contributed by atoms with van der Waals surface area (Å²) in [5, 5.41) is 16.0. The summed E-state index contributed by atoms with van der Waals surface area (Å²) in [6.07, 6.45) is 6.39. The SMILES string of the molecule is O=C(NCC(O)c1ccccc1Cl)NC1C=CCCC1. The molecule has 0 saturated heterocycles. The molecule has 2 rings (SSSR count). The minimum atomic E-state index is -0.809. The molecule has 0 radical (unpaired) electrons. The van der Waals surface area contributed by atoms with Crippen LogP contribution in [-0.4, -0.2) is 23.7 Å². The second-order valence-corrected chi connectivity index (χ2v) is 5.26. The number of hydrogen-bond donors (Lipinski definition) is 3. The van der Waals surface area contributed by atoms with Gasteiger partial charge < -0.3 is 15.7 Å². The van der Waals surface area contributed by atoms with E-state index in [0.717, 1.165) is 19.3 Å². The monoisotopic (exact) mass is 294 g/mol. The second-order valence-electron chi connectivity index (χ2n) is 4.86. The number of allylic oxidation sites excluding steroid dienone is 1. The quantitative estimate of drug-likeness (QED) is 0.748. The molecule has 2 atom stereocenters. The summed E-state index contributed by atoms with van der Waals surface area (Å²) in [7, 11) is 0. The van der Waals surface area contributed by atoms with Crippen molar-refractivity contribution in [2.45, 2.75) is 31.4 Å². The average molecular weight is 295 g/mol. The molecule has 0 aromatic heterocycles. The van der Waals surface area contributed by atoms with Crippen molar-refractivity contribution < 1.29 is 9.90 Å². The van der Waals surface area contributed by atoms with Crippen molar-refractivity contribution in [3.63, 3.8) is 0 Å². The maximum Gasteiger partial charge on any atom is 0.315 e. The number of aliphatic hydroxyl groups excluding tert-OH is 1. The van der Waals surface area contributed by atoms with Gasteiger partial charge >= 0.3 is 6.03 Å². The van der Waals surface area contributed by atoms with Gasteiger partial charge in [0, 0.05) is 23.2 Å². The van der Waals surface area contributed by atoms with Gasteiger partial charge in [-0.1, -0.05) is 42.0 Å². The number of nitrogens with one attached hydrogen (secondary N) is 2. The number of amides is 2. The Morgan fingerprint density at radius 1 is 1.45 bits per heavy atom. The molecule has 0 aliphatic heterocycles. The molecule has 20 heavy (non-hydrogen) atoms. The topological polar surface area (TPSA) is 61.4 Å². The van der Waals surface area contributed by atoms with Gasteiger partial charge in [-0.05, 0) is 25.3 Å². The summed E-state index contributed by atoms with van der Waals surface area (Å²) in [5.41, 5.74) is 0.618. The van der Waals surface area contributed by atoms with E-state index in [-0.39, 0.29) is 18.6 Å². The van der Waals surface area contributed by atoms with Gasteiger partial charge in [-0.25, -0.2) is 4.79 Å². The number of carbonyl (C=O) groups is 1. The third kappa shape index (κ3) is 4.25. The summed E-state index contributed by atoms with van der Waals surface area (Å²) < 4.78 is 0. The van der Waals surface area contributed by atoms with Gasteiger partial charge in [0.25, 0.3) is 0 Å². The summed E-state index contributed by atoms with van der Waals surface area (Å²) in [6, 6.07) is 6.88. The highest BCUT2D eigenvalue weighted by molar-refractivity contribution is 6.31. The van der Waals surface area contributed by atoms with E-state index in [4.69, 9.17) is 11.6 Å². The van der Waals surface area contributed by atoms with Crippen LogP contribution in [0.25, 0.3) is 0 Å². The number of halogens is 1. The van der Waals surface area contributed by atoms with Crippen molar-refractivity contribution in [1.29, 1.82) is 0 Å². The predicted octanol–water partition coefficient (Wildman–Crippen LogP) is 2.78. The lowest BCUT2D eigenvalue weighted by Crippen LogP contribution is -2.43. The molecule has 108 valence electrons. The number of aliphatic hydroxyl groups is 1. The number of carbonyl (C=O) groups excluding carboxylic acids is 1. The maximum absolute atomic E-state index is 11.7. The molecular weight excluding hydrogens is 276 g/mol. The molecule has 2 amide bonds. The molecule has 1 aliphatic carbocycles. The van der Waals surface area contributed by atoms with Crippen LogP contribution >= 0.6 is 11.6 Å². The summed E-state index contributed by atoms with van der Waals surface area (Å²) >= 11 is 5.99. The van der Waals surface area contributed by atoms with E-state index in [1.54, 1.807) is 24.3 Å². The molecule has 1 aromatic rings. The molecule has 5 heteroatoms. The van der Waals surface area contributed by atoms with E-state index < -0.39 is 6.10 Å². The van der Waals surface area contributed by atoms with Crippen molar-refractivity contribution in [2.75, 3.05) is 6.54 Å². The van der Waals surface area contributed by atoms with E-state index in [1.807, 2.05) is 6.08 Å². The zero-order chi connectivity index (χ0) is 14.4. The van der Waals surface area contributed by atoms with Crippen LogP contribution in [0, 0.1) is 0 Å². The molecule has 0 fully saturated rings. The van der Waals surface area contributed by atoms with Crippen LogP contribution < -0.4 is 10.6 Å². The maximum atomic E-state index is 11.7. The Morgan fingerprint density at radius 2 is 2.25 bits per heavy atom. The van der Waals surface area contributed by atoms with Crippen molar-refractivity contribution in [3.05, 3.63) is 47.0 Å². The van der Waals surface area contributed by atoms with Crippen molar-refractivity contribution in [2.24, 2.45) is 0 Å². The molecular formula is C15H19ClN2O2. The van der Waals surface area contributed by atoms with Crippen LogP contribution in [-0.2, 0) is 0 Å². The molecule has 0 saturated carbocycles. The zero-order valence-electron chi connectivity index (χ0n) is 11.2. The standard InChI is InChI=1S/C15H19ClN2O2/c16-13-9-5-4-8-12(13)14(19)10-17-15(20)18-11-6-2-1-3-7-11/h2,4-6,8-9,11,14,19H,1,3,7,10H2,(H2,17,18,20). The first-order valence-corrected chi connectivity index (χ1v) is 7.18. The highest BCUT2D eigenvalue weighted by Crippen LogP contribution is 2.21. The summed E-state index contributed by atoms with van der Waals surface area (Å²) in [6.45, 7) is 0.131. The van der Waals surface area contributed by atoms with Crippen molar-refractivity contribution in [3.8, 4) is 0 Å². The highest BCUT2D eigenvalue weighted by atomic mass is 35.5. The van der Waals surface area contributed by atoms with Crippen LogP contribution in [0.3, 0.4) is 0 Å². The Kier molecular flexibility index (Phi) is 5.44. The van der Waals surface area contributed by atoms with Crippen LogP contribution in [0.2, 0.25) is 5.02 Å². The molecule has 4 nitrogen and oxygen atoms in total. The lowest BCUT2D eigenvalue weighted by atomic mass is 10.0. The largest absolute Gasteiger partial charge is 0.387 e. The minimum Gasteiger partial charge on any atom is -0.387 e. The Balaban J connectivity index is 1.79. The lowest BCUT2D eigenvalue weighted by Gasteiger charge is -2.19. The van der Waals surface area contributed by atoms with E-state index in [9.17, 15) is 9.90 Å². The van der Waals surface area contributed by atoms with Crippen LogP contribution in [0.4, 0.5) is 4.79 Å². The Labute approximate surface area is 123 Å². The predicted molar refractivity (Wildman–Crippen MR) is 79.7 cm³/mol. The summed E-state index contributed by atoms with van der Waals surface area (Å²) in [5.74, 6) is 0. The van der Waals surface area contributed by atoms with Crippen molar-refractivity contribution in [1.82, 2.24) is 10.6 Å². The minimum absolute atomic E-state index is 0.0845.